The van der Waals surface area contributed by atoms with Crippen molar-refractivity contribution in [2.75, 3.05) is 20.3 Å². The lowest BCUT2D eigenvalue weighted by molar-refractivity contribution is 0.0600. The van der Waals surface area contributed by atoms with Gasteiger partial charge in [-0.3, -0.25) is 4.79 Å². The zero-order valence-corrected chi connectivity index (χ0v) is 15.7. The van der Waals surface area contributed by atoms with Gasteiger partial charge in [0.05, 0.1) is 25.9 Å². The Hall–Kier alpha value is -3.08. The van der Waals surface area contributed by atoms with Crippen molar-refractivity contribution in [3.05, 3.63) is 65.2 Å². The van der Waals surface area contributed by atoms with E-state index in [9.17, 15) is 9.59 Å². The molecule has 0 spiro atoms. The number of ether oxygens (including phenoxy) is 3. The third-order valence-corrected chi connectivity index (χ3v) is 4.22. The van der Waals surface area contributed by atoms with Crippen molar-refractivity contribution in [1.82, 2.24) is 0 Å². The number of hydrogen-bond donors (Lipinski definition) is 0. The molecule has 0 radical (unpaired) electrons. The van der Waals surface area contributed by atoms with Gasteiger partial charge in [0.2, 0.25) is 0 Å². The summed E-state index contributed by atoms with van der Waals surface area (Å²) in [5, 5.41) is 0. The Bertz CT molecular complexity index is 878. The maximum absolute atomic E-state index is 12.5. The van der Waals surface area contributed by atoms with Crippen LogP contribution in [0.25, 0.3) is 6.08 Å². The first-order valence-corrected chi connectivity index (χ1v) is 8.68. The van der Waals surface area contributed by atoms with Gasteiger partial charge >= 0.3 is 5.97 Å². The van der Waals surface area contributed by atoms with Gasteiger partial charge in [-0.15, -0.1) is 0 Å². The fourth-order valence-electron chi connectivity index (χ4n) is 2.60. The monoisotopic (exact) mass is 366 g/mol. The smallest absolute Gasteiger partial charge is 0.337 e. The lowest BCUT2D eigenvalue weighted by atomic mass is 9.97. The van der Waals surface area contributed by atoms with Crippen molar-refractivity contribution in [3.63, 3.8) is 0 Å². The summed E-state index contributed by atoms with van der Waals surface area (Å²) in [6, 6.07) is 12.0. The minimum Gasteiger partial charge on any atom is -0.489 e. The first-order chi connectivity index (χ1) is 12.9. The number of benzene rings is 2. The third-order valence-electron chi connectivity index (χ3n) is 4.22. The Labute approximate surface area is 158 Å². The summed E-state index contributed by atoms with van der Waals surface area (Å²) in [5.41, 5.74) is 1.72. The van der Waals surface area contributed by atoms with Crippen LogP contribution in [0.4, 0.5) is 0 Å². The van der Waals surface area contributed by atoms with E-state index in [1.54, 1.807) is 48.5 Å². The highest BCUT2D eigenvalue weighted by atomic mass is 16.5. The zero-order chi connectivity index (χ0) is 19.4. The molecule has 0 aliphatic carbocycles. The standard InChI is InChI=1S/C22H22O5/c1-22(2)13-26-19-11-9-17(12-20(19)27-14-22)18(23)10-6-15-4-7-16(8-5-15)21(24)25-3/h4-12H,13-14H2,1-3H3/b10-6+. The van der Waals surface area contributed by atoms with Gasteiger partial charge in [-0.05, 0) is 42.0 Å². The van der Waals surface area contributed by atoms with E-state index in [-0.39, 0.29) is 11.2 Å². The van der Waals surface area contributed by atoms with E-state index in [4.69, 9.17) is 9.47 Å². The molecule has 0 bridgehead atoms. The average Bonchev–Trinajstić information content (AvgIpc) is 2.84. The van der Waals surface area contributed by atoms with E-state index < -0.39 is 5.97 Å². The summed E-state index contributed by atoms with van der Waals surface area (Å²) in [6.07, 6.45) is 3.20. The quantitative estimate of drug-likeness (QED) is 0.462. The zero-order valence-electron chi connectivity index (χ0n) is 15.7. The van der Waals surface area contributed by atoms with Crippen molar-refractivity contribution in [2.45, 2.75) is 13.8 Å². The van der Waals surface area contributed by atoms with Crippen LogP contribution in [0.1, 0.15) is 40.1 Å². The first kappa shape index (κ1) is 18.7. The van der Waals surface area contributed by atoms with Crippen LogP contribution in [-0.4, -0.2) is 32.1 Å². The van der Waals surface area contributed by atoms with Gasteiger partial charge in [0.25, 0.3) is 0 Å². The topological polar surface area (TPSA) is 61.8 Å². The van der Waals surface area contributed by atoms with Crippen LogP contribution in [0.2, 0.25) is 0 Å². The summed E-state index contributed by atoms with van der Waals surface area (Å²) in [4.78, 5) is 23.9. The van der Waals surface area contributed by atoms with E-state index in [0.29, 0.717) is 35.8 Å². The predicted octanol–water partition coefficient (Wildman–Crippen LogP) is 4.17. The molecule has 3 rings (SSSR count). The summed E-state index contributed by atoms with van der Waals surface area (Å²) in [6.45, 7) is 5.23. The lowest BCUT2D eigenvalue weighted by Crippen LogP contribution is -2.26. The fourth-order valence-corrected chi connectivity index (χ4v) is 2.60. The second-order valence-corrected chi connectivity index (χ2v) is 7.21. The van der Waals surface area contributed by atoms with Gasteiger partial charge < -0.3 is 14.2 Å². The molecule has 2 aromatic rings. The molecule has 1 heterocycles. The van der Waals surface area contributed by atoms with Crippen LogP contribution in [0.5, 0.6) is 11.5 Å². The molecule has 0 aromatic heterocycles. The average molecular weight is 366 g/mol. The summed E-state index contributed by atoms with van der Waals surface area (Å²) < 4.78 is 16.3. The van der Waals surface area contributed by atoms with Crippen molar-refractivity contribution in [1.29, 1.82) is 0 Å². The maximum atomic E-state index is 12.5. The molecule has 27 heavy (non-hydrogen) atoms. The molecule has 0 amide bonds. The molecule has 0 atom stereocenters. The van der Waals surface area contributed by atoms with Gasteiger partial charge in [0, 0.05) is 11.0 Å². The molecular weight excluding hydrogens is 344 g/mol. The number of carbonyl (C=O) groups is 2. The second-order valence-electron chi connectivity index (χ2n) is 7.21. The molecule has 0 unspecified atom stereocenters. The second kappa shape index (κ2) is 7.66. The summed E-state index contributed by atoms with van der Waals surface area (Å²) in [5.74, 6) is 0.709. The number of ketones is 1. The first-order valence-electron chi connectivity index (χ1n) is 8.68. The minimum atomic E-state index is -0.392. The summed E-state index contributed by atoms with van der Waals surface area (Å²) in [7, 11) is 1.34. The highest BCUT2D eigenvalue weighted by Crippen LogP contribution is 2.34. The molecule has 0 N–H and O–H groups in total. The third kappa shape index (κ3) is 4.56. The van der Waals surface area contributed by atoms with Crippen LogP contribution < -0.4 is 9.47 Å². The van der Waals surface area contributed by atoms with Gasteiger partial charge in [-0.2, -0.15) is 0 Å². The molecule has 5 nitrogen and oxygen atoms in total. The highest BCUT2D eigenvalue weighted by Gasteiger charge is 2.25. The Balaban J connectivity index is 1.72. The number of esters is 1. The van der Waals surface area contributed by atoms with E-state index in [1.165, 1.54) is 13.2 Å². The lowest BCUT2D eigenvalue weighted by Gasteiger charge is -2.19. The Morgan fingerprint density at radius 3 is 2.26 bits per heavy atom. The van der Waals surface area contributed by atoms with Crippen LogP contribution in [0, 0.1) is 5.41 Å². The fraction of sp³-hybridized carbons (Fsp3) is 0.273. The van der Waals surface area contributed by atoms with Crippen LogP contribution in [0.15, 0.2) is 48.5 Å². The molecule has 2 aromatic carbocycles. The molecular formula is C22H22O5. The van der Waals surface area contributed by atoms with E-state index >= 15 is 0 Å². The molecule has 5 heteroatoms. The highest BCUT2D eigenvalue weighted by molar-refractivity contribution is 6.07. The van der Waals surface area contributed by atoms with Gasteiger partial charge in [-0.25, -0.2) is 4.79 Å². The summed E-state index contributed by atoms with van der Waals surface area (Å²) >= 11 is 0. The Morgan fingerprint density at radius 1 is 0.963 bits per heavy atom. The van der Waals surface area contributed by atoms with Gasteiger partial charge in [0.15, 0.2) is 17.3 Å². The number of hydrogen-bond acceptors (Lipinski definition) is 5. The van der Waals surface area contributed by atoms with Crippen LogP contribution >= 0.6 is 0 Å². The molecule has 1 aliphatic heterocycles. The van der Waals surface area contributed by atoms with Crippen LogP contribution in [0.3, 0.4) is 0 Å². The van der Waals surface area contributed by atoms with E-state index in [1.807, 2.05) is 0 Å². The SMILES string of the molecule is COC(=O)c1ccc(/C=C/C(=O)c2ccc3c(c2)OCC(C)(C)CO3)cc1. The van der Waals surface area contributed by atoms with Crippen molar-refractivity contribution in [3.8, 4) is 11.5 Å². The van der Waals surface area contributed by atoms with Crippen LogP contribution in [-0.2, 0) is 4.74 Å². The van der Waals surface area contributed by atoms with Gasteiger partial charge in [-0.1, -0.05) is 32.1 Å². The maximum Gasteiger partial charge on any atom is 0.337 e. The molecule has 1 aliphatic rings. The van der Waals surface area contributed by atoms with E-state index in [2.05, 4.69) is 18.6 Å². The number of fused-ring (bicyclic) bond motifs is 1. The Kier molecular flexibility index (Phi) is 5.31. The van der Waals surface area contributed by atoms with E-state index in [0.717, 1.165) is 5.56 Å². The molecule has 140 valence electrons. The van der Waals surface area contributed by atoms with Crippen molar-refractivity contribution < 1.29 is 23.8 Å². The van der Waals surface area contributed by atoms with Gasteiger partial charge in [0.1, 0.15) is 0 Å². The number of rotatable bonds is 4. The van der Waals surface area contributed by atoms with Crippen molar-refractivity contribution in [2.24, 2.45) is 5.41 Å². The normalized spacial score (nSPS) is 15.2. The molecule has 0 saturated carbocycles. The molecule has 0 fully saturated rings. The largest absolute Gasteiger partial charge is 0.489 e. The predicted molar refractivity (Wildman–Crippen MR) is 102 cm³/mol. The van der Waals surface area contributed by atoms with Crippen molar-refractivity contribution >= 4 is 17.8 Å². The molecule has 0 saturated heterocycles. The Morgan fingerprint density at radius 2 is 1.59 bits per heavy atom. The number of allylic oxidation sites excluding steroid dienone is 1. The number of carbonyl (C=O) groups excluding carboxylic acids is 2. The number of methoxy groups -OCH3 is 1. The minimum absolute atomic E-state index is 0.0839.